The molecular weight excluding hydrogens is 352 g/mol. The fraction of sp³-hybridized carbons (Fsp3) is 0.500. The number of hydrogen-bond donors (Lipinski definition) is 0. The monoisotopic (exact) mass is 373 g/mol. The first-order valence-electron chi connectivity index (χ1n) is 6.39. The van der Waals surface area contributed by atoms with Gasteiger partial charge < -0.3 is 0 Å². The third kappa shape index (κ3) is 3.02. The van der Waals surface area contributed by atoms with Crippen molar-refractivity contribution in [1.29, 1.82) is 0 Å². The maximum absolute atomic E-state index is 6.64. The van der Waals surface area contributed by atoms with Gasteiger partial charge in [-0.3, -0.25) is 0 Å². The number of rotatable bonds is 3. The van der Waals surface area contributed by atoms with E-state index in [1.807, 2.05) is 6.07 Å². The zero-order valence-corrected chi connectivity index (χ0v) is 15.0. The molecule has 0 aromatic heterocycles. The number of aliphatic imine (C=N–C) groups is 1. The molecule has 1 aromatic rings. The minimum absolute atomic E-state index is 0.279. The average molecular weight is 372 g/mol. The van der Waals surface area contributed by atoms with Crippen LogP contribution in [0.4, 0.5) is 0 Å². The van der Waals surface area contributed by atoms with Crippen LogP contribution in [-0.4, -0.2) is 35.8 Å². The van der Waals surface area contributed by atoms with Crippen molar-refractivity contribution in [2.45, 2.75) is 29.8 Å². The summed E-state index contributed by atoms with van der Waals surface area (Å²) >= 11 is -2.63. The van der Waals surface area contributed by atoms with Gasteiger partial charge in [-0.05, 0) is 0 Å². The summed E-state index contributed by atoms with van der Waals surface area (Å²) < 4.78 is 7.05. The molecule has 1 unspecified atom stereocenters. The fourth-order valence-corrected chi connectivity index (χ4v) is 6.95. The van der Waals surface area contributed by atoms with Gasteiger partial charge in [0.05, 0.1) is 0 Å². The van der Waals surface area contributed by atoms with Gasteiger partial charge in [0.25, 0.3) is 0 Å². The van der Waals surface area contributed by atoms with Crippen molar-refractivity contribution in [3.05, 3.63) is 29.8 Å². The summed E-state index contributed by atoms with van der Waals surface area (Å²) in [6, 6.07) is 8.57. The Balaban J connectivity index is 2.38. The Morgan fingerprint density at radius 3 is 2.56 bits per heavy atom. The molecule has 1 atom stereocenters. The molecule has 1 aliphatic rings. The number of benzene rings is 1. The second-order valence-corrected chi connectivity index (χ2v) is 21.9. The van der Waals surface area contributed by atoms with Gasteiger partial charge >= 0.3 is 118 Å². The SMILES string of the molecule is CC(C)C1COC(c2cccc[c]2[Sn]([CH3])([CH3])[Cl])=N1. The molecule has 0 spiro atoms. The van der Waals surface area contributed by atoms with E-state index in [4.69, 9.17) is 18.7 Å². The van der Waals surface area contributed by atoms with Crippen LogP contribution in [0.3, 0.4) is 0 Å². The molecule has 0 N–H and O–H groups in total. The molecular formula is C14H20ClNOSn. The molecule has 18 heavy (non-hydrogen) atoms. The van der Waals surface area contributed by atoms with Crippen LogP contribution in [0.25, 0.3) is 0 Å². The van der Waals surface area contributed by atoms with Crippen molar-refractivity contribution >= 4 is 35.6 Å². The van der Waals surface area contributed by atoms with E-state index >= 15 is 0 Å². The van der Waals surface area contributed by atoms with E-state index in [0.717, 1.165) is 11.5 Å². The van der Waals surface area contributed by atoms with Crippen molar-refractivity contribution in [3.63, 3.8) is 0 Å². The molecule has 1 heterocycles. The van der Waals surface area contributed by atoms with Crippen molar-refractivity contribution in [2.75, 3.05) is 6.61 Å². The zero-order chi connectivity index (χ0) is 13.3. The fourth-order valence-electron chi connectivity index (χ4n) is 2.07. The van der Waals surface area contributed by atoms with Crippen LogP contribution in [0, 0.1) is 5.92 Å². The van der Waals surface area contributed by atoms with E-state index < -0.39 is 17.3 Å². The van der Waals surface area contributed by atoms with Crippen LogP contribution in [0.1, 0.15) is 19.4 Å². The number of halogens is 1. The molecule has 0 saturated carbocycles. The molecule has 2 nitrogen and oxygen atoms in total. The predicted octanol–water partition coefficient (Wildman–Crippen LogP) is 3.14. The number of nitrogens with zero attached hydrogens (tertiary/aromatic N) is 1. The molecule has 0 aliphatic carbocycles. The summed E-state index contributed by atoms with van der Waals surface area (Å²) in [5.74, 6) is 1.30. The van der Waals surface area contributed by atoms with Gasteiger partial charge in [-0.1, -0.05) is 0 Å². The normalized spacial score (nSPS) is 19.9. The van der Waals surface area contributed by atoms with Gasteiger partial charge in [-0.15, -0.1) is 0 Å². The summed E-state index contributed by atoms with van der Waals surface area (Å²) in [5, 5.41) is 0. The molecule has 0 radical (unpaired) electrons. The van der Waals surface area contributed by atoms with Crippen LogP contribution in [0.2, 0.25) is 9.88 Å². The Kier molecular flexibility index (Phi) is 4.27. The molecule has 0 fully saturated rings. The Hall–Kier alpha value is -0.221. The van der Waals surface area contributed by atoms with Gasteiger partial charge in [-0.2, -0.15) is 0 Å². The van der Waals surface area contributed by atoms with Gasteiger partial charge in [0.2, 0.25) is 0 Å². The van der Waals surface area contributed by atoms with Gasteiger partial charge in [0.1, 0.15) is 0 Å². The Labute approximate surface area is 117 Å². The molecule has 2 rings (SSSR count). The van der Waals surface area contributed by atoms with E-state index in [1.165, 1.54) is 3.58 Å². The van der Waals surface area contributed by atoms with E-state index in [2.05, 4.69) is 41.9 Å². The second kappa shape index (κ2) is 5.41. The first kappa shape index (κ1) is 14.2. The first-order chi connectivity index (χ1) is 8.39. The number of hydrogen-bond acceptors (Lipinski definition) is 2. The van der Waals surface area contributed by atoms with E-state index in [9.17, 15) is 0 Å². The maximum atomic E-state index is 6.64. The Morgan fingerprint density at radius 2 is 2.00 bits per heavy atom. The molecule has 0 bridgehead atoms. The van der Waals surface area contributed by atoms with Crippen LogP contribution in [0.15, 0.2) is 29.3 Å². The molecule has 98 valence electrons. The summed E-state index contributed by atoms with van der Waals surface area (Å²) in [6.45, 7) is 5.05. The van der Waals surface area contributed by atoms with Crippen LogP contribution in [-0.2, 0) is 4.74 Å². The zero-order valence-electron chi connectivity index (χ0n) is 11.4. The number of ether oxygens (including phenoxy) is 1. The van der Waals surface area contributed by atoms with Gasteiger partial charge in [0, 0.05) is 0 Å². The van der Waals surface area contributed by atoms with Gasteiger partial charge in [0.15, 0.2) is 0 Å². The molecule has 1 aliphatic heterocycles. The van der Waals surface area contributed by atoms with Crippen LogP contribution in [0.5, 0.6) is 0 Å². The molecule has 4 heteroatoms. The molecule has 1 aromatic carbocycles. The van der Waals surface area contributed by atoms with Crippen LogP contribution < -0.4 is 3.58 Å². The summed E-state index contributed by atoms with van der Waals surface area (Å²) in [5.41, 5.74) is 1.11. The summed E-state index contributed by atoms with van der Waals surface area (Å²) in [6.07, 6.45) is 0. The van der Waals surface area contributed by atoms with Crippen LogP contribution >= 0.6 is 8.92 Å². The topological polar surface area (TPSA) is 21.6 Å². The van der Waals surface area contributed by atoms with Crippen molar-refractivity contribution in [3.8, 4) is 0 Å². The summed E-state index contributed by atoms with van der Waals surface area (Å²) in [7, 11) is 6.64. The standard InChI is InChI=1S/C12H14NO.2CH3.ClH.Sn/c1-9(2)11-8-14-12(13-11)10-6-4-3-5-7-10;;;;/h3-6,9,11H,8H2,1-2H3;2*1H3;1H;/q;;;;+1/p-1. The third-order valence-electron chi connectivity index (χ3n) is 3.24. The van der Waals surface area contributed by atoms with Crippen molar-refractivity contribution < 1.29 is 4.74 Å². The van der Waals surface area contributed by atoms with Crippen molar-refractivity contribution in [1.82, 2.24) is 0 Å². The second-order valence-electron chi connectivity index (χ2n) is 5.57. The third-order valence-corrected chi connectivity index (χ3v) is 9.51. The summed E-state index contributed by atoms with van der Waals surface area (Å²) in [4.78, 5) is 9.10. The first-order valence-corrected chi connectivity index (χ1v) is 17.1. The van der Waals surface area contributed by atoms with E-state index in [-0.39, 0.29) is 6.04 Å². The van der Waals surface area contributed by atoms with Gasteiger partial charge in [-0.25, -0.2) is 0 Å². The average Bonchev–Trinajstić information content (AvgIpc) is 2.77. The van der Waals surface area contributed by atoms with E-state index in [0.29, 0.717) is 12.5 Å². The molecule has 0 amide bonds. The Bertz CT molecular complexity index is 465. The molecule has 0 saturated heterocycles. The Morgan fingerprint density at radius 1 is 1.33 bits per heavy atom. The quantitative estimate of drug-likeness (QED) is 0.747. The minimum atomic E-state index is -2.63. The predicted molar refractivity (Wildman–Crippen MR) is 80.5 cm³/mol. The van der Waals surface area contributed by atoms with E-state index in [1.54, 1.807) is 0 Å². The van der Waals surface area contributed by atoms with Crippen molar-refractivity contribution in [2.24, 2.45) is 10.9 Å².